The van der Waals surface area contributed by atoms with Crippen molar-refractivity contribution in [3.05, 3.63) is 10.1 Å². The highest BCUT2D eigenvalue weighted by molar-refractivity contribution is 6.66. The topological polar surface area (TPSA) is 37.4 Å². The molecule has 140 valence electrons. The van der Waals surface area contributed by atoms with Gasteiger partial charge in [0.25, 0.3) is 0 Å². The number of carbonyl (C=O) groups excluding carboxylic acids is 2. The largest absolute Gasteiger partial charge is 0.282 e. The molecule has 2 amide bonds. The number of fused-ring (bicyclic) bond motifs is 5. The molecule has 9 heteroatoms. The molecule has 2 fully saturated rings. The standard InChI is InChI=1S/C16H17Cl6NO2/c1-2-3-4-5-6-7-23-12(24)8-9(13(23)25)15(20)11(18)10(17)14(8,19)16(15,21)22/h8-9H,2-7H2,1H3. The Hall–Kier alpha value is 0.620. The van der Waals surface area contributed by atoms with Crippen molar-refractivity contribution in [1.29, 1.82) is 0 Å². The van der Waals surface area contributed by atoms with Crippen molar-refractivity contribution in [1.82, 2.24) is 4.90 Å². The molecular weight excluding hydrogens is 451 g/mol. The second-order valence-corrected chi connectivity index (χ2v) is 10.1. The average Bonchev–Trinajstić information content (AvgIpc) is 2.93. The van der Waals surface area contributed by atoms with Crippen molar-refractivity contribution < 1.29 is 9.59 Å². The van der Waals surface area contributed by atoms with Crippen molar-refractivity contribution in [2.75, 3.05) is 6.54 Å². The van der Waals surface area contributed by atoms with Gasteiger partial charge in [-0.2, -0.15) is 0 Å². The van der Waals surface area contributed by atoms with E-state index in [0.717, 1.165) is 32.1 Å². The molecular formula is C16H17Cl6NO2. The summed E-state index contributed by atoms with van der Waals surface area (Å²) in [5.41, 5.74) is 0. The first-order valence-corrected chi connectivity index (χ1v) is 10.5. The number of likely N-dealkylation sites (tertiary alicyclic amines) is 1. The monoisotopic (exact) mass is 465 g/mol. The van der Waals surface area contributed by atoms with Crippen LogP contribution in [0.4, 0.5) is 0 Å². The highest BCUT2D eigenvalue weighted by Gasteiger charge is 2.87. The third-order valence-corrected chi connectivity index (χ3v) is 9.74. The number of allylic oxidation sites excluding steroid dienone is 2. The van der Waals surface area contributed by atoms with E-state index in [0.29, 0.717) is 6.54 Å². The molecule has 0 aromatic carbocycles. The van der Waals surface area contributed by atoms with Gasteiger partial charge in [0.2, 0.25) is 11.8 Å². The van der Waals surface area contributed by atoms with Gasteiger partial charge < -0.3 is 0 Å². The van der Waals surface area contributed by atoms with Gasteiger partial charge in [-0.15, -0.1) is 23.2 Å². The normalized spacial score (nSPS) is 38.9. The Morgan fingerprint density at radius 2 is 1.28 bits per heavy atom. The minimum Gasteiger partial charge on any atom is -0.282 e. The van der Waals surface area contributed by atoms with Gasteiger partial charge in [-0.25, -0.2) is 0 Å². The first-order chi connectivity index (χ1) is 11.6. The first kappa shape index (κ1) is 20.4. The molecule has 1 aliphatic heterocycles. The zero-order chi connectivity index (χ0) is 18.8. The molecule has 2 aliphatic carbocycles. The van der Waals surface area contributed by atoms with E-state index in [1.165, 1.54) is 4.90 Å². The van der Waals surface area contributed by atoms with Crippen LogP contribution in [0.2, 0.25) is 0 Å². The van der Waals surface area contributed by atoms with E-state index >= 15 is 0 Å². The van der Waals surface area contributed by atoms with Crippen LogP contribution >= 0.6 is 69.6 Å². The molecule has 0 spiro atoms. The number of hydrogen-bond donors (Lipinski definition) is 0. The van der Waals surface area contributed by atoms with E-state index in [1.807, 2.05) is 0 Å². The Kier molecular flexibility index (Phi) is 5.37. The quantitative estimate of drug-likeness (QED) is 0.298. The third-order valence-electron chi connectivity index (χ3n) is 5.49. The average molecular weight is 468 g/mol. The molecule has 3 rings (SSSR count). The molecule has 3 aliphatic rings. The van der Waals surface area contributed by atoms with E-state index in [2.05, 4.69) is 6.92 Å². The molecule has 0 radical (unpaired) electrons. The lowest BCUT2D eigenvalue weighted by molar-refractivity contribution is -0.140. The zero-order valence-corrected chi connectivity index (χ0v) is 18.0. The van der Waals surface area contributed by atoms with Crippen LogP contribution in [0.3, 0.4) is 0 Å². The second kappa shape index (κ2) is 6.60. The van der Waals surface area contributed by atoms with Crippen molar-refractivity contribution in [2.24, 2.45) is 11.8 Å². The smallest absolute Gasteiger partial charge is 0.235 e. The highest BCUT2D eigenvalue weighted by Crippen LogP contribution is 2.77. The summed E-state index contributed by atoms with van der Waals surface area (Å²) in [6.07, 6.45) is 4.96. The predicted octanol–water partition coefficient (Wildman–Crippen LogP) is 5.40. The lowest BCUT2D eigenvalue weighted by atomic mass is 9.84. The van der Waals surface area contributed by atoms with Gasteiger partial charge in [0.1, 0.15) is 9.75 Å². The van der Waals surface area contributed by atoms with Gasteiger partial charge in [-0.3, -0.25) is 14.5 Å². The molecule has 1 saturated heterocycles. The summed E-state index contributed by atoms with van der Waals surface area (Å²) < 4.78 is -1.86. The maximum atomic E-state index is 12.9. The lowest BCUT2D eigenvalue weighted by Gasteiger charge is -2.34. The number of nitrogens with zero attached hydrogens (tertiary/aromatic N) is 1. The number of alkyl halides is 4. The van der Waals surface area contributed by atoms with E-state index in [9.17, 15) is 9.59 Å². The van der Waals surface area contributed by atoms with E-state index in [1.54, 1.807) is 0 Å². The van der Waals surface area contributed by atoms with E-state index in [4.69, 9.17) is 69.6 Å². The summed E-state index contributed by atoms with van der Waals surface area (Å²) in [7, 11) is 0. The SMILES string of the molecule is CCCCCCCN1C(=O)C2C(C1=O)C1(Cl)C(Cl)=C(Cl)C2(Cl)C1(Cl)Cl. The van der Waals surface area contributed by atoms with Crippen LogP contribution in [-0.4, -0.2) is 37.3 Å². The molecule has 0 aromatic heterocycles. The number of halogens is 6. The van der Waals surface area contributed by atoms with Crippen molar-refractivity contribution >= 4 is 81.4 Å². The van der Waals surface area contributed by atoms with Gasteiger partial charge in [-0.05, 0) is 6.42 Å². The van der Waals surface area contributed by atoms with E-state index in [-0.39, 0.29) is 10.1 Å². The van der Waals surface area contributed by atoms with Crippen LogP contribution in [0, 0.1) is 11.8 Å². The van der Waals surface area contributed by atoms with Crippen LogP contribution < -0.4 is 0 Å². The van der Waals surface area contributed by atoms with Gasteiger partial charge in [0.05, 0.1) is 21.9 Å². The molecule has 0 N–H and O–H groups in total. The lowest BCUT2D eigenvalue weighted by Crippen LogP contribution is -2.50. The Balaban J connectivity index is 1.88. The minimum atomic E-state index is -1.86. The van der Waals surface area contributed by atoms with Crippen molar-refractivity contribution in [3.8, 4) is 0 Å². The van der Waals surface area contributed by atoms with Crippen LogP contribution in [0.25, 0.3) is 0 Å². The molecule has 4 atom stereocenters. The number of carbonyl (C=O) groups is 2. The van der Waals surface area contributed by atoms with Gasteiger partial charge >= 0.3 is 0 Å². The molecule has 2 bridgehead atoms. The predicted molar refractivity (Wildman–Crippen MR) is 103 cm³/mol. The Morgan fingerprint density at radius 3 is 1.72 bits per heavy atom. The molecule has 1 saturated carbocycles. The molecule has 4 unspecified atom stereocenters. The zero-order valence-electron chi connectivity index (χ0n) is 13.4. The van der Waals surface area contributed by atoms with Gasteiger partial charge in [-0.1, -0.05) is 79.0 Å². The minimum absolute atomic E-state index is 0.0528. The van der Waals surface area contributed by atoms with Crippen LogP contribution in [0.15, 0.2) is 10.1 Å². The fourth-order valence-corrected chi connectivity index (χ4v) is 7.08. The van der Waals surface area contributed by atoms with Crippen molar-refractivity contribution in [3.63, 3.8) is 0 Å². The summed E-state index contributed by atoms with van der Waals surface area (Å²) in [5, 5.41) is -0.106. The Bertz CT molecular complexity index is 619. The van der Waals surface area contributed by atoms with Crippen LogP contribution in [-0.2, 0) is 9.59 Å². The first-order valence-electron chi connectivity index (χ1n) is 8.25. The fraction of sp³-hybridized carbons (Fsp3) is 0.750. The second-order valence-electron chi connectivity index (χ2n) is 6.82. The van der Waals surface area contributed by atoms with Crippen molar-refractivity contribution in [2.45, 2.75) is 53.1 Å². The number of rotatable bonds is 6. The van der Waals surface area contributed by atoms with Crippen LogP contribution in [0.5, 0.6) is 0 Å². The maximum Gasteiger partial charge on any atom is 0.235 e. The number of hydrogen-bond acceptors (Lipinski definition) is 2. The summed E-state index contributed by atoms with van der Waals surface area (Å²) in [6.45, 7) is 2.44. The summed E-state index contributed by atoms with van der Waals surface area (Å²) in [6, 6.07) is 0. The summed E-state index contributed by atoms with van der Waals surface area (Å²) in [4.78, 5) is 23.6. The van der Waals surface area contributed by atoms with Gasteiger partial charge in [0.15, 0.2) is 4.33 Å². The summed E-state index contributed by atoms with van der Waals surface area (Å²) in [5.74, 6) is -2.90. The summed E-state index contributed by atoms with van der Waals surface area (Å²) >= 11 is 38.6. The molecule has 25 heavy (non-hydrogen) atoms. The number of amides is 2. The fourth-order valence-electron chi connectivity index (χ4n) is 4.15. The van der Waals surface area contributed by atoms with Crippen LogP contribution in [0.1, 0.15) is 39.0 Å². The molecule has 1 heterocycles. The molecule has 3 nitrogen and oxygen atoms in total. The Morgan fingerprint density at radius 1 is 0.840 bits per heavy atom. The highest BCUT2D eigenvalue weighted by atomic mass is 35.5. The Labute approximate surface area is 176 Å². The maximum absolute atomic E-state index is 12.9. The van der Waals surface area contributed by atoms with E-state index < -0.39 is 37.7 Å². The van der Waals surface area contributed by atoms with Gasteiger partial charge in [0, 0.05) is 6.54 Å². The number of unbranched alkanes of at least 4 members (excludes halogenated alkanes) is 4. The third kappa shape index (κ3) is 2.32. The molecule has 0 aromatic rings. The number of imide groups is 1.